The number of amides is 1. The molecule has 4 nitrogen and oxygen atoms in total. The summed E-state index contributed by atoms with van der Waals surface area (Å²) in [5.41, 5.74) is -0.316. The Morgan fingerprint density at radius 1 is 1.18 bits per heavy atom. The van der Waals surface area contributed by atoms with E-state index in [1.54, 1.807) is 55.6 Å². The van der Waals surface area contributed by atoms with Crippen molar-refractivity contribution in [1.29, 1.82) is 0 Å². The van der Waals surface area contributed by atoms with Crippen LogP contribution in [0.5, 0.6) is 0 Å². The number of likely N-dealkylation sites (N-methyl/N-ethyl adjacent to an activating group) is 1. The van der Waals surface area contributed by atoms with Gasteiger partial charge in [-0.3, -0.25) is 9.59 Å². The molecule has 1 aliphatic rings. The van der Waals surface area contributed by atoms with Crippen LogP contribution in [0.1, 0.15) is 22.3 Å². The summed E-state index contributed by atoms with van der Waals surface area (Å²) >= 11 is 5.80. The minimum absolute atomic E-state index is 0.297. The molecular weight excluding hydrogens is 302 g/mol. The van der Waals surface area contributed by atoms with E-state index in [0.717, 1.165) is 0 Å². The number of hydrogen-bond donors (Lipinski definition) is 1. The number of fused-ring (bicyclic) bond motifs is 1. The zero-order valence-electron chi connectivity index (χ0n) is 11.9. The summed E-state index contributed by atoms with van der Waals surface area (Å²) in [7, 11) is 1.59. The van der Waals surface area contributed by atoms with Crippen molar-refractivity contribution in [2.45, 2.75) is 12.0 Å². The van der Waals surface area contributed by atoms with Crippen molar-refractivity contribution in [3.63, 3.8) is 0 Å². The van der Waals surface area contributed by atoms with Gasteiger partial charge in [0.15, 0.2) is 11.4 Å². The molecule has 0 aliphatic carbocycles. The van der Waals surface area contributed by atoms with Gasteiger partial charge in [0.1, 0.15) is 0 Å². The smallest absolute Gasteiger partial charge is 0.263 e. The van der Waals surface area contributed by atoms with Crippen molar-refractivity contribution in [3.8, 4) is 0 Å². The van der Waals surface area contributed by atoms with Crippen LogP contribution < -0.4 is 4.90 Å². The van der Waals surface area contributed by atoms with Gasteiger partial charge in [0.2, 0.25) is 0 Å². The second-order valence-electron chi connectivity index (χ2n) is 5.35. The van der Waals surface area contributed by atoms with Crippen LogP contribution in [0.3, 0.4) is 0 Å². The largest absolute Gasteiger partial charge is 0.375 e. The first-order valence-electron chi connectivity index (χ1n) is 6.82. The number of halogens is 1. The normalized spacial score (nSPS) is 20.1. The first-order valence-corrected chi connectivity index (χ1v) is 7.20. The summed E-state index contributed by atoms with van der Waals surface area (Å²) in [5, 5.41) is 11.4. The molecule has 1 heterocycles. The summed E-state index contributed by atoms with van der Waals surface area (Å²) in [6, 6.07) is 13.3. The third-order valence-corrected chi connectivity index (χ3v) is 4.20. The van der Waals surface area contributed by atoms with Crippen molar-refractivity contribution in [2.75, 3.05) is 11.9 Å². The van der Waals surface area contributed by atoms with Gasteiger partial charge in [-0.1, -0.05) is 29.8 Å². The zero-order valence-corrected chi connectivity index (χ0v) is 12.7. The van der Waals surface area contributed by atoms with Crippen LogP contribution in [0.15, 0.2) is 48.5 Å². The summed E-state index contributed by atoms with van der Waals surface area (Å²) in [5.74, 6) is -0.798. The summed E-state index contributed by atoms with van der Waals surface area (Å²) in [6.45, 7) is 0. The molecule has 112 valence electrons. The maximum Gasteiger partial charge on any atom is 0.263 e. The molecule has 0 unspecified atom stereocenters. The van der Waals surface area contributed by atoms with Crippen molar-refractivity contribution >= 4 is 29.0 Å². The first-order chi connectivity index (χ1) is 10.4. The van der Waals surface area contributed by atoms with E-state index < -0.39 is 11.5 Å². The highest BCUT2D eigenvalue weighted by molar-refractivity contribution is 6.30. The fourth-order valence-electron chi connectivity index (χ4n) is 2.76. The highest BCUT2D eigenvalue weighted by Gasteiger charge is 2.49. The molecule has 2 aromatic carbocycles. The van der Waals surface area contributed by atoms with Gasteiger partial charge in [-0.05, 0) is 30.3 Å². The van der Waals surface area contributed by atoms with E-state index in [1.807, 2.05) is 0 Å². The van der Waals surface area contributed by atoms with Gasteiger partial charge >= 0.3 is 0 Å². The van der Waals surface area contributed by atoms with E-state index in [1.165, 1.54) is 4.90 Å². The van der Waals surface area contributed by atoms with Crippen LogP contribution in [0.4, 0.5) is 5.69 Å². The van der Waals surface area contributed by atoms with Crippen LogP contribution in [0.2, 0.25) is 5.02 Å². The molecular formula is C17H14ClNO3. The lowest BCUT2D eigenvalue weighted by Crippen LogP contribution is -2.40. The molecule has 1 aliphatic heterocycles. The van der Waals surface area contributed by atoms with Gasteiger partial charge in [-0.2, -0.15) is 0 Å². The predicted molar refractivity (Wildman–Crippen MR) is 84.1 cm³/mol. The maximum atomic E-state index is 12.4. The predicted octanol–water partition coefficient (Wildman–Crippen LogP) is 2.78. The SMILES string of the molecule is CN1C(=O)[C@](O)(CC(=O)c2ccc(Cl)cc2)c2ccccc21. The number of aliphatic hydroxyl groups is 1. The van der Waals surface area contributed by atoms with E-state index in [2.05, 4.69) is 0 Å². The van der Waals surface area contributed by atoms with Crippen molar-refractivity contribution in [2.24, 2.45) is 0 Å². The fourth-order valence-corrected chi connectivity index (χ4v) is 2.88. The number of anilines is 1. The summed E-state index contributed by atoms with van der Waals surface area (Å²) in [4.78, 5) is 26.2. The van der Waals surface area contributed by atoms with E-state index in [4.69, 9.17) is 11.6 Å². The maximum absolute atomic E-state index is 12.4. The fraction of sp³-hybridized carbons (Fsp3) is 0.176. The third kappa shape index (κ3) is 2.21. The number of ketones is 1. The average molecular weight is 316 g/mol. The molecule has 0 saturated carbocycles. The molecule has 1 atom stereocenters. The minimum Gasteiger partial charge on any atom is -0.375 e. The number of Topliss-reactive ketones (excluding diaryl/α,β-unsaturated/α-hetero) is 1. The molecule has 3 rings (SSSR count). The zero-order chi connectivity index (χ0) is 15.9. The Bertz CT molecular complexity index is 757. The molecule has 22 heavy (non-hydrogen) atoms. The van der Waals surface area contributed by atoms with Crippen molar-refractivity contribution < 1.29 is 14.7 Å². The van der Waals surface area contributed by atoms with Crippen molar-refractivity contribution in [1.82, 2.24) is 0 Å². The van der Waals surface area contributed by atoms with E-state index in [0.29, 0.717) is 21.8 Å². The Morgan fingerprint density at radius 2 is 1.82 bits per heavy atom. The number of carbonyl (C=O) groups excluding carboxylic acids is 2. The van der Waals surface area contributed by atoms with Gasteiger partial charge in [-0.15, -0.1) is 0 Å². The molecule has 0 saturated heterocycles. The quantitative estimate of drug-likeness (QED) is 0.886. The second-order valence-corrected chi connectivity index (χ2v) is 5.78. The number of hydrogen-bond acceptors (Lipinski definition) is 3. The molecule has 0 radical (unpaired) electrons. The summed E-state index contributed by atoms with van der Waals surface area (Å²) in [6.07, 6.45) is -0.297. The van der Waals surface area contributed by atoms with Crippen LogP contribution in [-0.4, -0.2) is 23.8 Å². The second kappa shape index (κ2) is 5.23. The third-order valence-electron chi connectivity index (χ3n) is 3.95. The van der Waals surface area contributed by atoms with Gasteiger partial charge in [0.05, 0.1) is 12.1 Å². The Kier molecular flexibility index (Phi) is 3.51. The first kappa shape index (κ1) is 14.8. The van der Waals surface area contributed by atoms with E-state index >= 15 is 0 Å². The average Bonchev–Trinajstić information content (AvgIpc) is 2.70. The number of para-hydroxylation sites is 1. The van der Waals surface area contributed by atoms with Crippen LogP contribution in [0.25, 0.3) is 0 Å². The van der Waals surface area contributed by atoms with E-state index in [-0.39, 0.29) is 12.2 Å². The highest BCUT2D eigenvalue weighted by atomic mass is 35.5. The molecule has 1 amide bonds. The number of benzene rings is 2. The van der Waals surface area contributed by atoms with Crippen LogP contribution >= 0.6 is 11.6 Å². The topological polar surface area (TPSA) is 57.6 Å². The molecule has 0 fully saturated rings. The molecule has 1 N–H and O–H groups in total. The standard InChI is InChI=1S/C17H14ClNO3/c1-19-14-5-3-2-4-13(14)17(22,16(19)21)10-15(20)11-6-8-12(18)9-7-11/h2-9,22H,10H2,1H3/t17-/m0/s1. The number of nitrogens with zero attached hydrogens (tertiary/aromatic N) is 1. The molecule has 5 heteroatoms. The van der Waals surface area contributed by atoms with Crippen LogP contribution in [0, 0.1) is 0 Å². The monoisotopic (exact) mass is 315 g/mol. The van der Waals surface area contributed by atoms with Crippen LogP contribution in [-0.2, 0) is 10.4 Å². The molecule has 0 bridgehead atoms. The number of rotatable bonds is 3. The highest BCUT2D eigenvalue weighted by Crippen LogP contribution is 2.41. The minimum atomic E-state index is -1.82. The lowest BCUT2D eigenvalue weighted by molar-refractivity contribution is -0.135. The Balaban J connectivity index is 1.95. The molecule has 0 spiro atoms. The Labute approximate surface area is 132 Å². The van der Waals surface area contributed by atoms with Crippen molar-refractivity contribution in [3.05, 3.63) is 64.7 Å². The lowest BCUT2D eigenvalue weighted by atomic mass is 9.88. The molecule has 0 aromatic heterocycles. The van der Waals surface area contributed by atoms with Gasteiger partial charge in [0, 0.05) is 23.2 Å². The number of carbonyl (C=O) groups is 2. The van der Waals surface area contributed by atoms with Gasteiger partial charge in [-0.25, -0.2) is 0 Å². The Morgan fingerprint density at radius 3 is 2.50 bits per heavy atom. The van der Waals surface area contributed by atoms with Gasteiger partial charge < -0.3 is 10.0 Å². The summed E-state index contributed by atoms with van der Waals surface area (Å²) < 4.78 is 0. The Hall–Kier alpha value is -2.17. The lowest BCUT2D eigenvalue weighted by Gasteiger charge is -2.21. The molecule has 2 aromatic rings. The van der Waals surface area contributed by atoms with Gasteiger partial charge in [0.25, 0.3) is 5.91 Å². The van der Waals surface area contributed by atoms with E-state index in [9.17, 15) is 14.7 Å².